The van der Waals surface area contributed by atoms with Gasteiger partial charge in [-0.1, -0.05) is 48.9 Å². The molecule has 0 aliphatic heterocycles. The number of unbranched alkanes of at least 4 members (excludes halogenated alkanes) is 1. The molecule has 3 aromatic rings. The van der Waals surface area contributed by atoms with Gasteiger partial charge in [0.1, 0.15) is 10.8 Å². The summed E-state index contributed by atoms with van der Waals surface area (Å²) >= 11 is 1.12. The largest absolute Gasteiger partial charge is 0.573 e. The number of anilines is 1. The van der Waals surface area contributed by atoms with Crippen molar-refractivity contribution >= 4 is 28.3 Å². The molecule has 1 N–H and O–H groups in total. The lowest BCUT2D eigenvalue weighted by molar-refractivity contribution is -0.274. The SMILES string of the molecule is CCCCOC(=O)c1ccc(-c2nnc(NC(=O)Cc3cccc(OC(F)(F)F)c3)s2)cc1. The Morgan fingerprint density at radius 2 is 1.85 bits per heavy atom. The summed E-state index contributed by atoms with van der Waals surface area (Å²) in [6.45, 7) is 2.38. The Hall–Kier alpha value is -3.47. The van der Waals surface area contributed by atoms with Crippen LogP contribution in [0.4, 0.5) is 18.3 Å². The number of nitrogens with one attached hydrogen (secondary N) is 1. The molecule has 0 atom stereocenters. The van der Waals surface area contributed by atoms with Crippen molar-refractivity contribution in [3.8, 4) is 16.3 Å². The normalized spacial score (nSPS) is 11.2. The molecule has 11 heteroatoms. The van der Waals surface area contributed by atoms with Gasteiger partial charge < -0.3 is 14.8 Å². The number of carbonyl (C=O) groups is 2. The van der Waals surface area contributed by atoms with Gasteiger partial charge in [0, 0.05) is 5.56 Å². The van der Waals surface area contributed by atoms with Gasteiger partial charge in [-0.2, -0.15) is 0 Å². The van der Waals surface area contributed by atoms with E-state index in [1.165, 1.54) is 12.1 Å². The van der Waals surface area contributed by atoms with Crippen molar-refractivity contribution in [1.82, 2.24) is 10.2 Å². The van der Waals surface area contributed by atoms with Crippen molar-refractivity contribution in [2.75, 3.05) is 11.9 Å². The van der Waals surface area contributed by atoms with Gasteiger partial charge in [-0.25, -0.2) is 4.79 Å². The van der Waals surface area contributed by atoms with Crippen LogP contribution in [0.5, 0.6) is 5.75 Å². The molecule has 174 valence electrons. The van der Waals surface area contributed by atoms with Crippen LogP contribution in [-0.2, 0) is 16.0 Å². The fourth-order valence-electron chi connectivity index (χ4n) is 2.73. The topological polar surface area (TPSA) is 90.4 Å². The van der Waals surface area contributed by atoms with Gasteiger partial charge in [-0.15, -0.1) is 23.4 Å². The van der Waals surface area contributed by atoms with Crippen LogP contribution in [0.25, 0.3) is 10.6 Å². The van der Waals surface area contributed by atoms with Crippen LogP contribution in [0.1, 0.15) is 35.7 Å². The highest BCUT2D eigenvalue weighted by Gasteiger charge is 2.31. The predicted molar refractivity (Wildman–Crippen MR) is 116 cm³/mol. The van der Waals surface area contributed by atoms with E-state index in [0.29, 0.717) is 28.3 Å². The smallest absolute Gasteiger partial charge is 0.462 e. The van der Waals surface area contributed by atoms with Crippen molar-refractivity contribution in [3.63, 3.8) is 0 Å². The first kappa shape index (κ1) is 24.2. The van der Waals surface area contributed by atoms with Crippen molar-refractivity contribution in [2.45, 2.75) is 32.5 Å². The molecule has 7 nitrogen and oxygen atoms in total. The number of amides is 1. The molecule has 2 aromatic carbocycles. The summed E-state index contributed by atoms with van der Waals surface area (Å²) < 4.78 is 46.1. The molecule has 0 saturated carbocycles. The lowest BCUT2D eigenvalue weighted by atomic mass is 10.1. The Bertz CT molecular complexity index is 1100. The Morgan fingerprint density at radius 1 is 1.09 bits per heavy atom. The fourth-order valence-corrected chi connectivity index (χ4v) is 3.50. The molecule has 1 heterocycles. The lowest BCUT2D eigenvalue weighted by Crippen LogP contribution is -2.17. The van der Waals surface area contributed by atoms with Crippen molar-refractivity contribution in [1.29, 1.82) is 0 Å². The maximum absolute atomic E-state index is 12.4. The molecule has 0 saturated heterocycles. The number of ether oxygens (including phenoxy) is 2. The molecular weight excluding hydrogens is 459 g/mol. The minimum absolute atomic E-state index is 0.168. The minimum atomic E-state index is -4.81. The molecule has 3 rings (SSSR count). The zero-order valence-electron chi connectivity index (χ0n) is 17.5. The minimum Gasteiger partial charge on any atom is -0.462 e. The van der Waals surface area contributed by atoms with Crippen LogP contribution in [0.2, 0.25) is 0 Å². The number of hydrogen-bond donors (Lipinski definition) is 1. The number of halogens is 3. The first-order valence-electron chi connectivity index (χ1n) is 9.99. The second kappa shape index (κ2) is 10.9. The van der Waals surface area contributed by atoms with E-state index in [-0.39, 0.29) is 11.6 Å². The summed E-state index contributed by atoms with van der Waals surface area (Å²) in [5, 5.41) is 11.3. The van der Waals surface area contributed by atoms with Crippen molar-refractivity contribution in [2.24, 2.45) is 0 Å². The molecule has 0 fully saturated rings. The average molecular weight is 479 g/mol. The van der Waals surface area contributed by atoms with E-state index in [1.807, 2.05) is 6.92 Å². The third-order valence-electron chi connectivity index (χ3n) is 4.27. The third-order valence-corrected chi connectivity index (χ3v) is 5.15. The third kappa shape index (κ3) is 7.56. The number of carbonyl (C=O) groups excluding carboxylic acids is 2. The van der Waals surface area contributed by atoms with Crippen molar-refractivity contribution in [3.05, 3.63) is 59.7 Å². The molecule has 0 radical (unpaired) electrons. The average Bonchev–Trinajstić information content (AvgIpc) is 3.21. The molecule has 0 spiro atoms. The van der Waals surface area contributed by atoms with Gasteiger partial charge in [-0.05, 0) is 36.2 Å². The highest BCUT2D eigenvalue weighted by Crippen LogP contribution is 2.27. The summed E-state index contributed by atoms with van der Waals surface area (Å²) in [6, 6.07) is 11.8. The van der Waals surface area contributed by atoms with Crippen LogP contribution in [-0.4, -0.2) is 35.0 Å². The molecule has 0 aliphatic carbocycles. The molecular formula is C22H20F3N3O4S. The quantitative estimate of drug-likeness (QED) is 0.333. The fraction of sp³-hybridized carbons (Fsp3) is 0.273. The van der Waals surface area contributed by atoms with Gasteiger partial charge in [0.2, 0.25) is 11.0 Å². The highest BCUT2D eigenvalue weighted by molar-refractivity contribution is 7.18. The zero-order chi connectivity index (χ0) is 23.8. The van der Waals surface area contributed by atoms with E-state index < -0.39 is 24.0 Å². The molecule has 1 amide bonds. The van der Waals surface area contributed by atoms with Gasteiger partial charge in [0.15, 0.2) is 0 Å². The van der Waals surface area contributed by atoms with Crippen LogP contribution >= 0.6 is 11.3 Å². The summed E-state index contributed by atoms with van der Waals surface area (Å²) in [4.78, 5) is 24.2. The van der Waals surface area contributed by atoms with E-state index in [4.69, 9.17) is 4.74 Å². The predicted octanol–water partition coefficient (Wildman–Crippen LogP) is 5.24. The second-order valence-corrected chi connectivity index (χ2v) is 7.88. The van der Waals surface area contributed by atoms with Crippen LogP contribution in [0, 0.1) is 0 Å². The van der Waals surface area contributed by atoms with E-state index in [1.54, 1.807) is 24.3 Å². The number of alkyl halides is 3. The van der Waals surface area contributed by atoms with Gasteiger partial charge >= 0.3 is 12.3 Å². The highest BCUT2D eigenvalue weighted by atomic mass is 32.1. The van der Waals surface area contributed by atoms with E-state index in [0.717, 1.165) is 36.3 Å². The molecule has 33 heavy (non-hydrogen) atoms. The molecule has 0 aliphatic rings. The number of aromatic nitrogens is 2. The van der Waals surface area contributed by atoms with E-state index in [9.17, 15) is 22.8 Å². The lowest BCUT2D eigenvalue weighted by Gasteiger charge is -2.09. The zero-order valence-corrected chi connectivity index (χ0v) is 18.3. The maximum atomic E-state index is 12.4. The maximum Gasteiger partial charge on any atom is 0.573 e. The monoisotopic (exact) mass is 479 g/mol. The Balaban J connectivity index is 1.58. The van der Waals surface area contributed by atoms with Crippen LogP contribution in [0.3, 0.4) is 0 Å². The van der Waals surface area contributed by atoms with E-state index >= 15 is 0 Å². The Morgan fingerprint density at radius 3 is 2.55 bits per heavy atom. The molecule has 1 aromatic heterocycles. The van der Waals surface area contributed by atoms with Gasteiger partial charge in [0.05, 0.1) is 18.6 Å². The van der Waals surface area contributed by atoms with E-state index in [2.05, 4.69) is 20.3 Å². The van der Waals surface area contributed by atoms with Gasteiger partial charge in [0.25, 0.3) is 0 Å². The summed E-state index contributed by atoms with van der Waals surface area (Å²) in [5.74, 6) is -1.26. The van der Waals surface area contributed by atoms with Crippen LogP contribution in [0.15, 0.2) is 48.5 Å². The number of nitrogens with zero attached hydrogens (tertiary/aromatic N) is 2. The van der Waals surface area contributed by atoms with Crippen molar-refractivity contribution < 1.29 is 32.2 Å². The Kier molecular flexibility index (Phi) is 7.99. The first-order valence-corrected chi connectivity index (χ1v) is 10.8. The number of rotatable bonds is 9. The number of hydrogen-bond acceptors (Lipinski definition) is 7. The summed E-state index contributed by atoms with van der Waals surface area (Å²) in [5.41, 5.74) is 1.47. The number of esters is 1. The number of benzene rings is 2. The summed E-state index contributed by atoms with van der Waals surface area (Å²) in [6.07, 6.45) is -3.24. The second-order valence-electron chi connectivity index (χ2n) is 6.90. The first-order chi connectivity index (χ1) is 15.7. The summed E-state index contributed by atoms with van der Waals surface area (Å²) in [7, 11) is 0. The van der Waals surface area contributed by atoms with Crippen LogP contribution < -0.4 is 10.1 Å². The standard InChI is InChI=1S/C22H20F3N3O4S/c1-2-3-11-31-20(30)16-9-7-15(8-10-16)19-27-28-21(33-19)26-18(29)13-14-5-4-6-17(12-14)32-22(23,24)25/h4-10,12H,2-3,11,13H2,1H3,(H,26,28,29). The molecule has 0 unspecified atom stereocenters. The van der Waals surface area contributed by atoms with Gasteiger partial charge in [-0.3, -0.25) is 4.79 Å². The molecule has 0 bridgehead atoms. The Labute approximate surface area is 191 Å².